The number of anilines is 2. The van der Waals surface area contributed by atoms with Gasteiger partial charge in [0.1, 0.15) is 11.7 Å². The van der Waals surface area contributed by atoms with Crippen LogP contribution in [-0.2, 0) is 9.59 Å². The van der Waals surface area contributed by atoms with Gasteiger partial charge in [-0.05, 0) is 36.2 Å². The highest BCUT2D eigenvalue weighted by Crippen LogP contribution is 2.34. The standard InChI is InChI=1S/C23H19FN2O2/c24-17-9-6-10-18(15-17)25-22(27)20-13-14-26(23(20)28)21-12-5-4-11-19(21)16-7-2-1-3-8-16/h1-12,15,20H,13-14H2,(H,25,27). The van der Waals surface area contributed by atoms with Crippen LogP contribution in [0.5, 0.6) is 0 Å². The Balaban J connectivity index is 1.56. The van der Waals surface area contributed by atoms with Crippen molar-refractivity contribution in [2.75, 3.05) is 16.8 Å². The molecule has 0 aromatic heterocycles. The first-order valence-corrected chi connectivity index (χ1v) is 9.16. The van der Waals surface area contributed by atoms with E-state index in [1.54, 1.807) is 11.0 Å². The van der Waals surface area contributed by atoms with Crippen molar-refractivity contribution < 1.29 is 14.0 Å². The van der Waals surface area contributed by atoms with E-state index in [0.29, 0.717) is 18.7 Å². The summed E-state index contributed by atoms with van der Waals surface area (Å²) in [5.74, 6) is -1.87. The first-order valence-electron chi connectivity index (χ1n) is 9.16. The lowest BCUT2D eigenvalue weighted by molar-refractivity contribution is -0.129. The van der Waals surface area contributed by atoms with Crippen molar-refractivity contribution in [3.8, 4) is 11.1 Å². The van der Waals surface area contributed by atoms with Crippen molar-refractivity contribution >= 4 is 23.2 Å². The van der Waals surface area contributed by atoms with Crippen LogP contribution >= 0.6 is 0 Å². The molecule has 4 nitrogen and oxygen atoms in total. The molecule has 0 bridgehead atoms. The minimum atomic E-state index is -0.785. The number of benzene rings is 3. The second-order valence-corrected chi connectivity index (χ2v) is 6.71. The Morgan fingerprint density at radius 2 is 1.71 bits per heavy atom. The van der Waals surface area contributed by atoms with E-state index in [-0.39, 0.29) is 5.91 Å². The van der Waals surface area contributed by atoms with E-state index in [4.69, 9.17) is 0 Å². The summed E-state index contributed by atoms with van der Waals surface area (Å²) in [6.45, 7) is 0.462. The number of halogens is 1. The SMILES string of the molecule is O=C(Nc1cccc(F)c1)C1CCN(c2ccccc2-c2ccccc2)C1=O. The summed E-state index contributed by atoms with van der Waals surface area (Å²) in [5, 5.41) is 2.65. The highest BCUT2D eigenvalue weighted by molar-refractivity contribution is 6.14. The van der Waals surface area contributed by atoms with Gasteiger partial charge in [-0.15, -0.1) is 0 Å². The van der Waals surface area contributed by atoms with Crippen LogP contribution in [0.2, 0.25) is 0 Å². The van der Waals surface area contributed by atoms with Crippen molar-refractivity contribution in [3.05, 3.63) is 84.7 Å². The Morgan fingerprint density at radius 3 is 2.50 bits per heavy atom. The Labute approximate surface area is 162 Å². The molecule has 1 fully saturated rings. The summed E-state index contributed by atoms with van der Waals surface area (Å²) in [6.07, 6.45) is 0.420. The van der Waals surface area contributed by atoms with Crippen LogP contribution in [0.4, 0.5) is 15.8 Å². The number of nitrogens with zero attached hydrogens (tertiary/aromatic N) is 1. The van der Waals surface area contributed by atoms with Crippen molar-refractivity contribution in [1.82, 2.24) is 0 Å². The third kappa shape index (κ3) is 3.51. The fourth-order valence-corrected chi connectivity index (χ4v) is 3.53. The van der Waals surface area contributed by atoms with Gasteiger partial charge >= 0.3 is 0 Å². The molecular weight excluding hydrogens is 355 g/mol. The van der Waals surface area contributed by atoms with Crippen molar-refractivity contribution in [1.29, 1.82) is 0 Å². The van der Waals surface area contributed by atoms with Crippen molar-refractivity contribution in [3.63, 3.8) is 0 Å². The summed E-state index contributed by atoms with van der Waals surface area (Å²) in [6, 6.07) is 23.2. The first-order chi connectivity index (χ1) is 13.6. The third-order valence-corrected chi connectivity index (χ3v) is 4.89. The molecule has 140 valence electrons. The van der Waals surface area contributed by atoms with E-state index >= 15 is 0 Å². The van der Waals surface area contributed by atoms with Crippen LogP contribution in [0.25, 0.3) is 11.1 Å². The predicted molar refractivity (Wildman–Crippen MR) is 107 cm³/mol. The topological polar surface area (TPSA) is 49.4 Å². The zero-order valence-corrected chi connectivity index (χ0v) is 15.1. The number of hydrogen-bond acceptors (Lipinski definition) is 2. The molecule has 1 saturated heterocycles. The molecule has 0 spiro atoms. The lowest BCUT2D eigenvalue weighted by Crippen LogP contribution is -2.33. The number of amides is 2. The van der Waals surface area contributed by atoms with Gasteiger partial charge in [0, 0.05) is 17.8 Å². The molecule has 1 heterocycles. The van der Waals surface area contributed by atoms with Gasteiger partial charge in [-0.2, -0.15) is 0 Å². The van der Waals surface area contributed by atoms with E-state index in [0.717, 1.165) is 16.8 Å². The highest BCUT2D eigenvalue weighted by atomic mass is 19.1. The number of rotatable bonds is 4. The normalized spacial score (nSPS) is 16.2. The van der Waals surface area contributed by atoms with Gasteiger partial charge in [0.2, 0.25) is 11.8 Å². The zero-order chi connectivity index (χ0) is 19.5. The summed E-state index contributed by atoms with van der Waals surface area (Å²) in [5.41, 5.74) is 3.10. The highest BCUT2D eigenvalue weighted by Gasteiger charge is 2.38. The maximum absolute atomic E-state index is 13.3. The molecule has 5 heteroatoms. The molecule has 4 rings (SSSR count). The Kier molecular flexibility index (Phi) is 4.89. The predicted octanol–water partition coefficient (Wildman–Crippen LogP) is 4.48. The quantitative estimate of drug-likeness (QED) is 0.685. The molecule has 1 N–H and O–H groups in total. The van der Waals surface area contributed by atoms with Gasteiger partial charge in [0.05, 0.1) is 5.69 Å². The van der Waals surface area contributed by atoms with Crippen LogP contribution in [0.1, 0.15) is 6.42 Å². The Bertz CT molecular complexity index is 1020. The average Bonchev–Trinajstić information content (AvgIpc) is 3.10. The monoisotopic (exact) mass is 374 g/mol. The largest absolute Gasteiger partial charge is 0.325 e. The van der Waals surface area contributed by atoms with E-state index < -0.39 is 17.6 Å². The van der Waals surface area contributed by atoms with Gasteiger partial charge in [-0.3, -0.25) is 9.59 Å². The first kappa shape index (κ1) is 17.9. The molecule has 1 aliphatic heterocycles. The molecule has 28 heavy (non-hydrogen) atoms. The van der Waals surface area contributed by atoms with Crippen LogP contribution in [-0.4, -0.2) is 18.4 Å². The average molecular weight is 374 g/mol. The molecule has 1 unspecified atom stereocenters. The molecule has 3 aromatic rings. The van der Waals surface area contributed by atoms with E-state index in [1.807, 2.05) is 54.6 Å². The van der Waals surface area contributed by atoms with Crippen molar-refractivity contribution in [2.24, 2.45) is 5.92 Å². The number of carbonyl (C=O) groups excluding carboxylic acids is 2. The second kappa shape index (κ2) is 7.64. The molecular formula is C23H19FN2O2. The molecule has 0 radical (unpaired) electrons. The van der Waals surface area contributed by atoms with Gasteiger partial charge < -0.3 is 10.2 Å². The summed E-state index contributed by atoms with van der Waals surface area (Å²) < 4.78 is 13.3. The lowest BCUT2D eigenvalue weighted by atomic mass is 10.0. The number of hydrogen-bond donors (Lipinski definition) is 1. The van der Waals surface area contributed by atoms with Gasteiger partial charge in [0.15, 0.2) is 0 Å². The van der Waals surface area contributed by atoms with E-state index in [2.05, 4.69) is 5.32 Å². The van der Waals surface area contributed by atoms with Gasteiger partial charge in [0.25, 0.3) is 0 Å². The Morgan fingerprint density at radius 1 is 0.964 bits per heavy atom. The van der Waals surface area contributed by atoms with Crippen LogP contribution in [0, 0.1) is 11.7 Å². The van der Waals surface area contributed by atoms with E-state index in [9.17, 15) is 14.0 Å². The summed E-state index contributed by atoms with van der Waals surface area (Å²) in [4.78, 5) is 27.2. The number of para-hydroxylation sites is 1. The maximum Gasteiger partial charge on any atom is 0.239 e. The van der Waals surface area contributed by atoms with Gasteiger partial charge in [-0.1, -0.05) is 54.6 Å². The van der Waals surface area contributed by atoms with Crippen LogP contribution < -0.4 is 10.2 Å². The van der Waals surface area contributed by atoms with Crippen molar-refractivity contribution in [2.45, 2.75) is 6.42 Å². The smallest absolute Gasteiger partial charge is 0.239 e. The molecule has 1 aliphatic rings. The zero-order valence-electron chi connectivity index (χ0n) is 15.1. The Hall–Kier alpha value is -3.47. The van der Waals surface area contributed by atoms with Crippen LogP contribution in [0.15, 0.2) is 78.9 Å². The summed E-state index contributed by atoms with van der Waals surface area (Å²) in [7, 11) is 0. The maximum atomic E-state index is 13.3. The molecule has 0 saturated carbocycles. The molecule has 3 aromatic carbocycles. The minimum absolute atomic E-state index is 0.239. The lowest BCUT2D eigenvalue weighted by Gasteiger charge is -2.20. The molecule has 1 atom stereocenters. The number of nitrogens with one attached hydrogen (secondary N) is 1. The van der Waals surface area contributed by atoms with Gasteiger partial charge in [-0.25, -0.2) is 4.39 Å². The number of carbonyl (C=O) groups is 2. The van der Waals surface area contributed by atoms with Crippen LogP contribution in [0.3, 0.4) is 0 Å². The summed E-state index contributed by atoms with van der Waals surface area (Å²) >= 11 is 0. The fourth-order valence-electron chi connectivity index (χ4n) is 3.53. The molecule has 0 aliphatic carbocycles. The fraction of sp³-hybridized carbons (Fsp3) is 0.130. The van der Waals surface area contributed by atoms with E-state index in [1.165, 1.54) is 18.2 Å². The minimum Gasteiger partial charge on any atom is -0.325 e. The third-order valence-electron chi connectivity index (χ3n) is 4.89. The second-order valence-electron chi connectivity index (χ2n) is 6.71. The molecule has 2 amide bonds.